The van der Waals surface area contributed by atoms with Crippen molar-refractivity contribution in [3.05, 3.63) is 0 Å². The van der Waals surface area contributed by atoms with E-state index in [1.807, 2.05) is 0 Å². The van der Waals surface area contributed by atoms with Crippen LogP contribution in [0.5, 0.6) is 0 Å². The summed E-state index contributed by atoms with van der Waals surface area (Å²) in [5.74, 6) is -0.230. The minimum atomic E-state index is -0.230. The van der Waals surface area contributed by atoms with Crippen molar-refractivity contribution in [2.24, 2.45) is 0 Å². The third-order valence-electron chi connectivity index (χ3n) is 4.05. The summed E-state index contributed by atoms with van der Waals surface area (Å²) < 4.78 is 17.1. The average molecular weight is 257 g/mol. The van der Waals surface area contributed by atoms with Crippen molar-refractivity contribution in [3.8, 4) is 0 Å². The number of ether oxygens (including phenoxy) is 3. The monoisotopic (exact) mass is 257 g/mol. The van der Waals surface area contributed by atoms with Crippen molar-refractivity contribution in [2.45, 2.75) is 57.5 Å². The van der Waals surface area contributed by atoms with Crippen LogP contribution in [0, 0.1) is 0 Å². The van der Waals surface area contributed by atoms with Crippen molar-refractivity contribution in [1.29, 1.82) is 0 Å². The van der Waals surface area contributed by atoms with E-state index in [1.165, 1.54) is 0 Å². The number of hydrogen-bond donors (Lipinski definition) is 0. The summed E-state index contributed by atoms with van der Waals surface area (Å²) in [5.41, 5.74) is 0. The molecule has 0 aromatic rings. The molecule has 1 saturated heterocycles. The first-order valence-electron chi connectivity index (χ1n) is 7.21. The Hall–Kier alpha value is -0.160. The first kappa shape index (κ1) is 14.3. The van der Waals surface area contributed by atoms with Gasteiger partial charge in [-0.1, -0.05) is 0 Å². The molecule has 4 heteroatoms. The topological polar surface area (TPSA) is 30.9 Å². The number of rotatable bonds is 5. The molecule has 2 aliphatic rings. The summed E-state index contributed by atoms with van der Waals surface area (Å²) in [6.07, 6.45) is 4.73. The van der Waals surface area contributed by atoms with Crippen molar-refractivity contribution in [3.63, 3.8) is 0 Å². The van der Waals surface area contributed by atoms with Gasteiger partial charge in [-0.25, -0.2) is 0 Å². The minimum Gasteiger partial charge on any atom is -0.377 e. The summed E-state index contributed by atoms with van der Waals surface area (Å²) >= 11 is 0. The Morgan fingerprint density at radius 1 is 1.22 bits per heavy atom. The Morgan fingerprint density at radius 2 is 1.83 bits per heavy atom. The van der Waals surface area contributed by atoms with Crippen LogP contribution in [-0.2, 0) is 14.2 Å². The van der Waals surface area contributed by atoms with Gasteiger partial charge in [0.2, 0.25) is 0 Å². The van der Waals surface area contributed by atoms with Crippen molar-refractivity contribution >= 4 is 0 Å². The SMILES string of the molecule is CC(C)OCCN(C)C1CCC2(CC1)OCCO2. The first-order valence-corrected chi connectivity index (χ1v) is 7.21. The van der Waals surface area contributed by atoms with Gasteiger partial charge in [-0.2, -0.15) is 0 Å². The molecule has 2 fully saturated rings. The number of hydrogen-bond acceptors (Lipinski definition) is 4. The van der Waals surface area contributed by atoms with E-state index < -0.39 is 0 Å². The molecule has 1 heterocycles. The lowest BCUT2D eigenvalue weighted by Gasteiger charge is -2.39. The van der Waals surface area contributed by atoms with Gasteiger partial charge in [-0.15, -0.1) is 0 Å². The van der Waals surface area contributed by atoms with Crippen LogP contribution >= 0.6 is 0 Å². The Morgan fingerprint density at radius 3 is 2.39 bits per heavy atom. The third kappa shape index (κ3) is 3.67. The molecule has 18 heavy (non-hydrogen) atoms. The highest BCUT2D eigenvalue weighted by Crippen LogP contribution is 2.36. The Bertz CT molecular complexity index is 241. The maximum Gasteiger partial charge on any atom is 0.168 e. The van der Waals surface area contributed by atoms with Gasteiger partial charge in [-0.3, -0.25) is 0 Å². The van der Waals surface area contributed by atoms with Crippen LogP contribution in [-0.4, -0.2) is 56.2 Å². The van der Waals surface area contributed by atoms with E-state index in [1.54, 1.807) is 0 Å². The van der Waals surface area contributed by atoms with E-state index in [9.17, 15) is 0 Å². The maximum absolute atomic E-state index is 5.76. The van der Waals surface area contributed by atoms with Crippen LogP contribution in [0.1, 0.15) is 39.5 Å². The fraction of sp³-hybridized carbons (Fsp3) is 1.00. The largest absolute Gasteiger partial charge is 0.377 e. The van der Waals surface area contributed by atoms with Crippen LogP contribution in [0.2, 0.25) is 0 Å². The molecular weight excluding hydrogens is 230 g/mol. The van der Waals surface area contributed by atoms with E-state index in [4.69, 9.17) is 14.2 Å². The van der Waals surface area contributed by atoms with Gasteiger partial charge in [-0.05, 0) is 33.7 Å². The molecule has 0 aromatic heterocycles. The quantitative estimate of drug-likeness (QED) is 0.754. The second kappa shape index (κ2) is 6.33. The highest BCUT2D eigenvalue weighted by atomic mass is 16.7. The van der Waals surface area contributed by atoms with Crippen LogP contribution in [0.15, 0.2) is 0 Å². The summed E-state index contributed by atoms with van der Waals surface area (Å²) in [6, 6.07) is 0.652. The molecule has 2 rings (SSSR count). The summed E-state index contributed by atoms with van der Waals surface area (Å²) in [4.78, 5) is 2.42. The van der Waals surface area contributed by atoms with Crippen molar-refractivity contribution < 1.29 is 14.2 Å². The van der Waals surface area contributed by atoms with Crippen LogP contribution in [0.3, 0.4) is 0 Å². The highest BCUT2D eigenvalue weighted by molar-refractivity contribution is 4.85. The van der Waals surface area contributed by atoms with Crippen LogP contribution < -0.4 is 0 Å². The lowest BCUT2D eigenvalue weighted by Crippen LogP contribution is -2.43. The molecule has 0 unspecified atom stereocenters. The predicted octanol–water partition coefficient (Wildman–Crippen LogP) is 2.03. The van der Waals surface area contributed by atoms with Gasteiger partial charge in [0.15, 0.2) is 5.79 Å². The standard InChI is InChI=1S/C14H27NO3/c1-12(2)16-9-8-15(3)13-4-6-14(7-5-13)17-10-11-18-14/h12-13H,4-11H2,1-3H3. The normalized spacial score (nSPS) is 24.5. The zero-order valence-corrected chi connectivity index (χ0v) is 12.0. The minimum absolute atomic E-state index is 0.230. The molecule has 0 atom stereocenters. The van der Waals surface area contributed by atoms with Crippen molar-refractivity contribution in [2.75, 3.05) is 33.4 Å². The first-order chi connectivity index (χ1) is 8.61. The van der Waals surface area contributed by atoms with E-state index >= 15 is 0 Å². The lowest BCUT2D eigenvalue weighted by atomic mass is 9.89. The van der Waals surface area contributed by atoms with Gasteiger partial charge < -0.3 is 19.1 Å². The summed E-state index contributed by atoms with van der Waals surface area (Å²) in [5, 5.41) is 0. The van der Waals surface area contributed by atoms with E-state index in [2.05, 4.69) is 25.8 Å². The van der Waals surface area contributed by atoms with E-state index in [0.717, 1.165) is 52.0 Å². The van der Waals surface area contributed by atoms with Gasteiger partial charge in [0, 0.05) is 25.4 Å². The Labute approximate surface area is 111 Å². The Kier molecular flexibility index (Phi) is 5.01. The van der Waals surface area contributed by atoms with Crippen LogP contribution in [0.4, 0.5) is 0 Å². The van der Waals surface area contributed by atoms with E-state index in [0.29, 0.717) is 12.1 Å². The van der Waals surface area contributed by atoms with Crippen molar-refractivity contribution in [1.82, 2.24) is 4.90 Å². The third-order valence-corrected chi connectivity index (χ3v) is 4.05. The fourth-order valence-corrected chi connectivity index (χ4v) is 2.88. The lowest BCUT2D eigenvalue weighted by molar-refractivity contribution is -0.183. The molecule has 4 nitrogen and oxygen atoms in total. The molecule has 0 amide bonds. The molecule has 0 bridgehead atoms. The zero-order chi connectivity index (χ0) is 13.0. The van der Waals surface area contributed by atoms with Gasteiger partial charge in [0.25, 0.3) is 0 Å². The fourth-order valence-electron chi connectivity index (χ4n) is 2.88. The molecule has 106 valence electrons. The van der Waals surface area contributed by atoms with Gasteiger partial charge in [0.05, 0.1) is 25.9 Å². The number of likely N-dealkylation sites (N-methyl/N-ethyl adjacent to an activating group) is 1. The molecule has 1 saturated carbocycles. The molecule has 0 radical (unpaired) electrons. The Balaban J connectivity index is 1.68. The molecule has 0 aromatic carbocycles. The molecular formula is C14H27NO3. The molecule has 0 N–H and O–H groups in total. The summed E-state index contributed by atoms with van der Waals surface area (Å²) in [6.45, 7) is 7.53. The van der Waals surface area contributed by atoms with E-state index in [-0.39, 0.29) is 5.79 Å². The second-order valence-electron chi connectivity index (χ2n) is 5.74. The predicted molar refractivity (Wildman–Crippen MR) is 70.6 cm³/mol. The van der Waals surface area contributed by atoms with Gasteiger partial charge in [0.1, 0.15) is 0 Å². The molecule has 1 aliphatic heterocycles. The van der Waals surface area contributed by atoms with Gasteiger partial charge >= 0.3 is 0 Å². The number of nitrogens with zero attached hydrogens (tertiary/aromatic N) is 1. The molecule has 1 spiro atoms. The van der Waals surface area contributed by atoms with Crippen LogP contribution in [0.25, 0.3) is 0 Å². The molecule has 1 aliphatic carbocycles. The summed E-state index contributed by atoms with van der Waals surface area (Å²) in [7, 11) is 2.20. The maximum atomic E-state index is 5.76. The highest BCUT2D eigenvalue weighted by Gasteiger charge is 2.40. The zero-order valence-electron chi connectivity index (χ0n) is 12.0. The second-order valence-corrected chi connectivity index (χ2v) is 5.74. The average Bonchev–Trinajstić information content (AvgIpc) is 2.78. The smallest absolute Gasteiger partial charge is 0.168 e.